The summed E-state index contributed by atoms with van der Waals surface area (Å²) < 4.78 is 11.0. The maximum Gasteiger partial charge on any atom is 0.0678 e. The van der Waals surface area contributed by atoms with E-state index in [0.29, 0.717) is 18.2 Å². The van der Waals surface area contributed by atoms with Crippen molar-refractivity contribution in [2.24, 2.45) is 0 Å². The molecule has 0 amide bonds. The van der Waals surface area contributed by atoms with Crippen molar-refractivity contribution in [2.75, 3.05) is 46.9 Å². The minimum absolute atomic E-state index is 0.416. The van der Waals surface area contributed by atoms with Gasteiger partial charge in [-0.3, -0.25) is 4.90 Å². The summed E-state index contributed by atoms with van der Waals surface area (Å²) in [5.41, 5.74) is 1.35. The van der Waals surface area contributed by atoms with Crippen molar-refractivity contribution < 1.29 is 9.47 Å². The molecule has 124 valence electrons. The normalized spacial score (nSPS) is 30.5. The van der Waals surface area contributed by atoms with E-state index < -0.39 is 0 Å². The molecule has 3 atom stereocenters. The minimum Gasteiger partial charge on any atom is -0.378 e. The van der Waals surface area contributed by atoms with Gasteiger partial charge in [-0.15, -0.1) is 0 Å². The lowest BCUT2D eigenvalue weighted by molar-refractivity contribution is -0.0602. The van der Waals surface area contributed by atoms with Gasteiger partial charge in [0.25, 0.3) is 0 Å². The Morgan fingerprint density at radius 3 is 2.18 bits per heavy atom. The van der Waals surface area contributed by atoms with E-state index in [2.05, 4.69) is 62.0 Å². The first kappa shape index (κ1) is 17.4. The lowest BCUT2D eigenvalue weighted by atomic mass is 10.1. The molecular weight excluding hydrogens is 276 g/mol. The molecule has 2 aliphatic heterocycles. The topological polar surface area (TPSA) is 24.9 Å². The highest BCUT2D eigenvalue weighted by molar-refractivity contribution is 5.19. The molecule has 0 aromatic heterocycles. The van der Waals surface area contributed by atoms with Gasteiger partial charge in [-0.1, -0.05) is 30.3 Å². The van der Waals surface area contributed by atoms with Crippen LogP contribution in [-0.4, -0.2) is 69.0 Å². The molecule has 0 bridgehead atoms. The maximum absolute atomic E-state index is 5.51. The summed E-state index contributed by atoms with van der Waals surface area (Å²) in [5.74, 6) is 0. The number of hydrogen-bond acceptors (Lipinski definition) is 4. The lowest BCUT2D eigenvalue weighted by Gasteiger charge is -2.32. The van der Waals surface area contributed by atoms with Crippen LogP contribution in [0.3, 0.4) is 0 Å². The van der Waals surface area contributed by atoms with Gasteiger partial charge in [0.15, 0.2) is 0 Å². The van der Waals surface area contributed by atoms with Gasteiger partial charge in [-0.05, 0) is 33.5 Å². The zero-order valence-electron chi connectivity index (χ0n) is 14.4. The van der Waals surface area contributed by atoms with Gasteiger partial charge in [0, 0.05) is 19.6 Å². The number of rotatable bonds is 1. The molecule has 2 aliphatic rings. The Kier molecular flexibility index (Phi) is 6.83. The summed E-state index contributed by atoms with van der Waals surface area (Å²) >= 11 is 0. The summed E-state index contributed by atoms with van der Waals surface area (Å²) in [6, 6.07) is 11.0. The van der Waals surface area contributed by atoms with E-state index in [4.69, 9.17) is 9.47 Å². The Morgan fingerprint density at radius 1 is 1.00 bits per heavy atom. The molecule has 4 nitrogen and oxygen atoms in total. The number of benzene rings is 1. The first-order valence-electron chi connectivity index (χ1n) is 8.23. The zero-order chi connectivity index (χ0) is 15.9. The molecule has 1 aromatic carbocycles. The minimum atomic E-state index is 0.416. The fourth-order valence-electron chi connectivity index (χ4n) is 3.15. The van der Waals surface area contributed by atoms with Gasteiger partial charge < -0.3 is 14.4 Å². The third-order valence-electron chi connectivity index (χ3n) is 4.18. The predicted octanol–water partition coefficient (Wildman–Crippen LogP) is 2.42. The van der Waals surface area contributed by atoms with E-state index in [9.17, 15) is 0 Å². The number of nitrogens with zero attached hydrogens (tertiary/aromatic N) is 2. The summed E-state index contributed by atoms with van der Waals surface area (Å²) in [6.07, 6.45) is 0.831. The van der Waals surface area contributed by atoms with Crippen LogP contribution in [0.1, 0.15) is 25.5 Å². The van der Waals surface area contributed by atoms with E-state index >= 15 is 0 Å². The van der Waals surface area contributed by atoms with Crippen molar-refractivity contribution in [1.82, 2.24) is 9.80 Å². The van der Waals surface area contributed by atoms with Crippen LogP contribution in [0.4, 0.5) is 0 Å². The molecule has 3 rings (SSSR count). The SMILES string of the molecule is CN1CCOC[C@@H]1c1ccccc1.C[C@@H]1CN(C)C[C@H](C)O1. The van der Waals surface area contributed by atoms with Crippen LogP contribution in [0, 0.1) is 0 Å². The van der Waals surface area contributed by atoms with E-state index in [-0.39, 0.29) is 0 Å². The number of morpholine rings is 2. The average molecular weight is 306 g/mol. The van der Waals surface area contributed by atoms with E-state index in [1.54, 1.807) is 0 Å². The van der Waals surface area contributed by atoms with Gasteiger partial charge in [0.1, 0.15) is 0 Å². The van der Waals surface area contributed by atoms with Crippen LogP contribution in [0.5, 0.6) is 0 Å². The molecule has 2 fully saturated rings. The van der Waals surface area contributed by atoms with Gasteiger partial charge in [-0.2, -0.15) is 0 Å². The smallest absolute Gasteiger partial charge is 0.0678 e. The highest BCUT2D eigenvalue weighted by Gasteiger charge is 2.20. The number of likely N-dealkylation sites (N-methyl/N-ethyl adjacent to an activating group) is 2. The third kappa shape index (κ3) is 5.36. The summed E-state index contributed by atoms with van der Waals surface area (Å²) in [6.45, 7) is 9.09. The highest BCUT2D eigenvalue weighted by atomic mass is 16.5. The Morgan fingerprint density at radius 2 is 1.64 bits per heavy atom. The van der Waals surface area contributed by atoms with Crippen LogP contribution in [0.2, 0.25) is 0 Å². The molecule has 0 spiro atoms. The van der Waals surface area contributed by atoms with Gasteiger partial charge >= 0.3 is 0 Å². The maximum atomic E-state index is 5.51. The van der Waals surface area contributed by atoms with Crippen molar-refractivity contribution in [3.63, 3.8) is 0 Å². The summed E-state index contributed by atoms with van der Waals surface area (Å²) in [4.78, 5) is 4.65. The second-order valence-corrected chi connectivity index (χ2v) is 6.46. The zero-order valence-corrected chi connectivity index (χ0v) is 14.4. The molecule has 1 aromatic rings. The Balaban J connectivity index is 0.000000172. The molecule has 0 aliphatic carbocycles. The van der Waals surface area contributed by atoms with Crippen LogP contribution >= 0.6 is 0 Å². The van der Waals surface area contributed by atoms with E-state index in [1.165, 1.54) is 5.56 Å². The van der Waals surface area contributed by atoms with Crippen LogP contribution in [0.15, 0.2) is 30.3 Å². The number of hydrogen-bond donors (Lipinski definition) is 0. The largest absolute Gasteiger partial charge is 0.378 e. The highest BCUT2D eigenvalue weighted by Crippen LogP contribution is 2.21. The first-order valence-corrected chi connectivity index (χ1v) is 8.23. The molecule has 0 radical (unpaired) electrons. The Bertz CT molecular complexity index is 401. The van der Waals surface area contributed by atoms with Crippen molar-refractivity contribution in [1.29, 1.82) is 0 Å². The second kappa shape index (κ2) is 8.63. The standard InChI is InChI=1S/C11H15NO.C7H15NO/c1-12-7-8-13-9-11(12)10-5-3-2-4-6-10;1-6-4-8(3)5-7(2)9-6/h2-6,11H,7-9H2,1H3;6-7H,4-5H2,1-3H3/t11-;6-,7+/m1./s1. The molecule has 0 saturated carbocycles. The predicted molar refractivity (Wildman–Crippen MR) is 90.1 cm³/mol. The Hall–Kier alpha value is -0.940. The summed E-state index contributed by atoms with van der Waals surface area (Å²) in [5, 5.41) is 0. The van der Waals surface area contributed by atoms with E-state index in [0.717, 1.165) is 32.8 Å². The molecule has 0 unspecified atom stereocenters. The molecule has 2 heterocycles. The molecular formula is C18H30N2O2. The van der Waals surface area contributed by atoms with Crippen molar-refractivity contribution in [2.45, 2.75) is 32.1 Å². The fraction of sp³-hybridized carbons (Fsp3) is 0.667. The van der Waals surface area contributed by atoms with Gasteiger partial charge in [0.05, 0.1) is 31.5 Å². The fourth-order valence-corrected chi connectivity index (χ4v) is 3.15. The van der Waals surface area contributed by atoms with Crippen molar-refractivity contribution in [3.05, 3.63) is 35.9 Å². The van der Waals surface area contributed by atoms with Crippen molar-refractivity contribution >= 4 is 0 Å². The molecule has 2 saturated heterocycles. The van der Waals surface area contributed by atoms with E-state index in [1.807, 2.05) is 6.07 Å². The van der Waals surface area contributed by atoms with Gasteiger partial charge in [-0.25, -0.2) is 0 Å². The first-order chi connectivity index (χ1) is 10.6. The molecule has 0 N–H and O–H groups in total. The second-order valence-electron chi connectivity index (χ2n) is 6.46. The quantitative estimate of drug-likeness (QED) is 0.795. The third-order valence-corrected chi connectivity index (χ3v) is 4.18. The van der Waals surface area contributed by atoms with Crippen LogP contribution in [-0.2, 0) is 9.47 Å². The average Bonchev–Trinajstić information content (AvgIpc) is 2.48. The van der Waals surface area contributed by atoms with Gasteiger partial charge in [0.2, 0.25) is 0 Å². The lowest BCUT2D eigenvalue weighted by Crippen LogP contribution is -2.42. The number of ether oxygens (including phenoxy) is 2. The molecule has 22 heavy (non-hydrogen) atoms. The van der Waals surface area contributed by atoms with Crippen LogP contribution < -0.4 is 0 Å². The molecule has 4 heteroatoms. The summed E-state index contributed by atoms with van der Waals surface area (Å²) in [7, 11) is 4.29. The monoisotopic (exact) mass is 306 g/mol. The Labute approximate surface area is 135 Å². The van der Waals surface area contributed by atoms with Crippen molar-refractivity contribution in [3.8, 4) is 0 Å². The van der Waals surface area contributed by atoms with Crippen LogP contribution in [0.25, 0.3) is 0 Å².